The minimum absolute atomic E-state index is 0.460. The maximum Gasteiger partial charge on any atom is 0.0339 e. The van der Waals surface area contributed by atoms with Gasteiger partial charge in [-0.05, 0) is 44.7 Å². The van der Waals surface area contributed by atoms with E-state index in [1.54, 1.807) is 0 Å². The van der Waals surface area contributed by atoms with E-state index >= 15 is 0 Å². The Labute approximate surface area is 93.6 Å². The summed E-state index contributed by atoms with van der Waals surface area (Å²) in [5, 5.41) is 4.01. The summed E-state index contributed by atoms with van der Waals surface area (Å²) >= 11 is 6.06. The lowest BCUT2D eigenvalue weighted by Gasteiger charge is -2.10. The Morgan fingerprint density at radius 1 is 1.21 bits per heavy atom. The molecule has 2 atom stereocenters. The van der Waals surface area contributed by atoms with E-state index in [-0.39, 0.29) is 0 Å². The van der Waals surface area contributed by atoms with Crippen LogP contribution in [0.15, 0.2) is 0 Å². The first kappa shape index (κ1) is 12.3. The highest BCUT2D eigenvalue weighted by Gasteiger charge is 2.21. The molecule has 1 rings (SSSR count). The van der Waals surface area contributed by atoms with E-state index in [9.17, 15) is 0 Å². The van der Waals surface area contributed by atoms with Gasteiger partial charge in [0.2, 0.25) is 0 Å². The third-order valence-electron chi connectivity index (χ3n) is 3.12. The van der Waals surface area contributed by atoms with Crippen LogP contribution in [0.5, 0.6) is 0 Å². The summed E-state index contributed by atoms with van der Waals surface area (Å²) in [7, 11) is 0. The summed E-state index contributed by atoms with van der Waals surface area (Å²) in [4.78, 5) is 0. The van der Waals surface area contributed by atoms with Gasteiger partial charge in [0.15, 0.2) is 0 Å². The quantitative estimate of drug-likeness (QED) is 0.508. The number of halogens is 1. The van der Waals surface area contributed by atoms with Crippen LogP contribution >= 0.6 is 11.6 Å². The van der Waals surface area contributed by atoms with Crippen molar-refractivity contribution in [1.29, 1.82) is 0 Å². The molecule has 0 amide bonds. The molecule has 0 aromatic rings. The van der Waals surface area contributed by atoms with Gasteiger partial charge in [0.05, 0.1) is 0 Å². The summed E-state index contributed by atoms with van der Waals surface area (Å²) in [6.45, 7) is 4.64. The summed E-state index contributed by atoms with van der Waals surface area (Å²) in [6.07, 6.45) is 9.21. The fraction of sp³-hybridized carbons (Fsp3) is 1.00. The van der Waals surface area contributed by atoms with E-state index in [2.05, 4.69) is 12.2 Å². The molecule has 0 aliphatic heterocycles. The molecule has 0 saturated heterocycles. The molecule has 0 aromatic carbocycles. The van der Waals surface area contributed by atoms with Crippen LogP contribution in [-0.4, -0.2) is 18.5 Å². The lowest BCUT2D eigenvalue weighted by atomic mass is 10.1. The molecule has 14 heavy (non-hydrogen) atoms. The van der Waals surface area contributed by atoms with Crippen LogP contribution in [0.25, 0.3) is 0 Å². The van der Waals surface area contributed by atoms with Gasteiger partial charge in [0.25, 0.3) is 0 Å². The molecule has 0 radical (unpaired) electrons. The van der Waals surface area contributed by atoms with Gasteiger partial charge in [-0.1, -0.05) is 26.2 Å². The van der Waals surface area contributed by atoms with Gasteiger partial charge >= 0.3 is 0 Å². The Kier molecular flexibility index (Phi) is 6.63. The highest BCUT2D eigenvalue weighted by Crippen LogP contribution is 2.28. The van der Waals surface area contributed by atoms with Crippen molar-refractivity contribution in [3.05, 3.63) is 0 Å². The third-order valence-corrected chi connectivity index (χ3v) is 3.51. The van der Waals surface area contributed by atoms with Crippen LogP contribution in [0.3, 0.4) is 0 Å². The molecule has 1 aliphatic rings. The number of nitrogens with one attached hydrogen (secondary N) is 1. The first-order chi connectivity index (χ1) is 6.83. The zero-order valence-electron chi connectivity index (χ0n) is 9.40. The minimum Gasteiger partial charge on any atom is -0.316 e. The van der Waals surface area contributed by atoms with E-state index in [0.29, 0.717) is 5.38 Å². The number of hydrogen-bond donors (Lipinski definition) is 1. The van der Waals surface area contributed by atoms with E-state index in [4.69, 9.17) is 11.6 Å². The monoisotopic (exact) mass is 217 g/mol. The second-order valence-electron chi connectivity index (χ2n) is 4.54. The molecular formula is C12H24ClN. The standard InChI is InChI=1S/C12H24ClN/c1-2-3-4-5-8-14-10-11-6-7-12(13)9-11/h11-12,14H,2-10H2,1H3. The fourth-order valence-electron chi connectivity index (χ4n) is 2.18. The van der Waals surface area contributed by atoms with E-state index in [1.165, 1.54) is 58.0 Å². The van der Waals surface area contributed by atoms with E-state index in [0.717, 1.165) is 5.92 Å². The topological polar surface area (TPSA) is 12.0 Å². The lowest BCUT2D eigenvalue weighted by Crippen LogP contribution is -2.22. The Balaban J connectivity index is 1.84. The van der Waals surface area contributed by atoms with Crippen molar-refractivity contribution in [1.82, 2.24) is 5.32 Å². The Hall–Kier alpha value is 0.250. The van der Waals surface area contributed by atoms with Crippen LogP contribution in [0, 0.1) is 5.92 Å². The zero-order chi connectivity index (χ0) is 10.2. The average Bonchev–Trinajstić information content (AvgIpc) is 2.58. The van der Waals surface area contributed by atoms with Gasteiger partial charge in [-0.15, -0.1) is 11.6 Å². The average molecular weight is 218 g/mol. The SMILES string of the molecule is CCCCCCNCC1CCC(Cl)C1. The second kappa shape index (κ2) is 7.53. The van der Waals surface area contributed by atoms with Gasteiger partial charge in [0.1, 0.15) is 0 Å². The fourth-order valence-corrected chi connectivity index (χ4v) is 2.56. The summed E-state index contributed by atoms with van der Waals surface area (Å²) < 4.78 is 0. The molecule has 1 aliphatic carbocycles. The Morgan fingerprint density at radius 3 is 2.71 bits per heavy atom. The van der Waals surface area contributed by atoms with Crippen molar-refractivity contribution >= 4 is 11.6 Å². The van der Waals surface area contributed by atoms with Gasteiger partial charge in [-0.2, -0.15) is 0 Å². The van der Waals surface area contributed by atoms with E-state index < -0.39 is 0 Å². The molecule has 0 heterocycles. The predicted octanol–water partition coefficient (Wildman–Crippen LogP) is 3.56. The first-order valence-corrected chi connectivity index (χ1v) is 6.61. The first-order valence-electron chi connectivity index (χ1n) is 6.17. The highest BCUT2D eigenvalue weighted by atomic mass is 35.5. The lowest BCUT2D eigenvalue weighted by molar-refractivity contribution is 0.480. The van der Waals surface area contributed by atoms with Crippen molar-refractivity contribution in [3.8, 4) is 0 Å². The van der Waals surface area contributed by atoms with Gasteiger partial charge in [-0.25, -0.2) is 0 Å². The van der Waals surface area contributed by atoms with Crippen molar-refractivity contribution in [2.75, 3.05) is 13.1 Å². The van der Waals surface area contributed by atoms with Crippen LogP contribution in [0.1, 0.15) is 51.9 Å². The molecule has 0 aromatic heterocycles. The molecule has 84 valence electrons. The summed E-state index contributed by atoms with van der Waals surface area (Å²) in [5.41, 5.74) is 0. The molecule has 2 unspecified atom stereocenters. The molecule has 1 nitrogen and oxygen atoms in total. The molecule has 0 spiro atoms. The highest BCUT2D eigenvalue weighted by molar-refractivity contribution is 6.20. The van der Waals surface area contributed by atoms with Crippen molar-refractivity contribution in [3.63, 3.8) is 0 Å². The summed E-state index contributed by atoms with van der Waals surface area (Å²) in [6, 6.07) is 0. The third kappa shape index (κ3) is 5.21. The van der Waals surface area contributed by atoms with Crippen LogP contribution in [0.2, 0.25) is 0 Å². The smallest absolute Gasteiger partial charge is 0.0339 e. The largest absolute Gasteiger partial charge is 0.316 e. The minimum atomic E-state index is 0.460. The molecule has 0 bridgehead atoms. The molecule has 1 N–H and O–H groups in total. The van der Waals surface area contributed by atoms with Gasteiger partial charge in [0, 0.05) is 5.38 Å². The number of rotatable bonds is 7. The molecule has 1 saturated carbocycles. The Bertz CT molecular complexity index is 138. The van der Waals surface area contributed by atoms with Crippen LogP contribution < -0.4 is 5.32 Å². The number of alkyl halides is 1. The Morgan fingerprint density at radius 2 is 2.07 bits per heavy atom. The molecule has 1 fully saturated rings. The van der Waals surface area contributed by atoms with Crippen molar-refractivity contribution in [2.45, 2.75) is 57.2 Å². The van der Waals surface area contributed by atoms with Crippen LogP contribution in [0.4, 0.5) is 0 Å². The maximum absolute atomic E-state index is 6.06. The molecular weight excluding hydrogens is 194 g/mol. The van der Waals surface area contributed by atoms with Crippen LogP contribution in [-0.2, 0) is 0 Å². The molecule has 2 heteroatoms. The second-order valence-corrected chi connectivity index (χ2v) is 5.16. The zero-order valence-corrected chi connectivity index (χ0v) is 10.2. The van der Waals surface area contributed by atoms with Crippen molar-refractivity contribution in [2.24, 2.45) is 5.92 Å². The normalized spacial score (nSPS) is 27.0. The summed E-state index contributed by atoms with van der Waals surface area (Å²) in [5.74, 6) is 0.851. The maximum atomic E-state index is 6.06. The van der Waals surface area contributed by atoms with Crippen molar-refractivity contribution < 1.29 is 0 Å². The van der Waals surface area contributed by atoms with Gasteiger partial charge in [-0.3, -0.25) is 0 Å². The predicted molar refractivity (Wildman–Crippen MR) is 64.0 cm³/mol. The number of hydrogen-bond acceptors (Lipinski definition) is 1. The number of unbranched alkanes of at least 4 members (excludes halogenated alkanes) is 3. The van der Waals surface area contributed by atoms with Gasteiger partial charge < -0.3 is 5.32 Å². The van der Waals surface area contributed by atoms with E-state index in [1.807, 2.05) is 0 Å².